The molecule has 5 nitrogen and oxygen atoms in total. The van der Waals surface area contributed by atoms with Crippen molar-refractivity contribution in [1.29, 1.82) is 0 Å². The molecule has 0 fully saturated rings. The van der Waals surface area contributed by atoms with Gasteiger partial charge in [-0.2, -0.15) is 8.42 Å². The summed E-state index contributed by atoms with van der Waals surface area (Å²) in [7, 11) is -0.567. The molecule has 1 amide bonds. The molecule has 0 saturated carbocycles. The maximum atomic E-state index is 12.0. The van der Waals surface area contributed by atoms with Gasteiger partial charge >= 0.3 is 10.1 Å². The fourth-order valence-corrected chi connectivity index (χ4v) is 2.62. The molecule has 0 aliphatic carbocycles. The zero-order valence-corrected chi connectivity index (χ0v) is 12.5. The van der Waals surface area contributed by atoms with Crippen molar-refractivity contribution in [3.63, 3.8) is 0 Å². The van der Waals surface area contributed by atoms with Crippen LogP contribution < -0.4 is 4.18 Å². The Bertz CT molecular complexity index is 722. The van der Waals surface area contributed by atoms with Crippen LogP contribution in [0.25, 0.3) is 0 Å². The van der Waals surface area contributed by atoms with Crippen LogP contribution in [0.15, 0.2) is 59.5 Å². The fourth-order valence-electron chi connectivity index (χ4n) is 1.67. The molecule has 0 radical (unpaired) electrons. The van der Waals surface area contributed by atoms with E-state index in [1.807, 2.05) is 0 Å². The van der Waals surface area contributed by atoms with Gasteiger partial charge in [-0.1, -0.05) is 18.2 Å². The molecule has 0 heterocycles. The van der Waals surface area contributed by atoms with E-state index in [1.165, 1.54) is 41.3 Å². The van der Waals surface area contributed by atoms with Crippen LogP contribution in [0.2, 0.25) is 0 Å². The van der Waals surface area contributed by atoms with Gasteiger partial charge in [-0.3, -0.25) is 4.79 Å². The Morgan fingerprint density at radius 3 is 2.05 bits per heavy atom. The summed E-state index contributed by atoms with van der Waals surface area (Å²) >= 11 is 0. The van der Waals surface area contributed by atoms with E-state index in [2.05, 4.69) is 0 Å². The van der Waals surface area contributed by atoms with Gasteiger partial charge in [0, 0.05) is 19.7 Å². The van der Waals surface area contributed by atoms with Crippen molar-refractivity contribution in [3.05, 3.63) is 60.2 Å². The summed E-state index contributed by atoms with van der Waals surface area (Å²) in [6.07, 6.45) is 0. The van der Waals surface area contributed by atoms with Crippen LogP contribution in [0.4, 0.5) is 0 Å². The highest BCUT2D eigenvalue weighted by Gasteiger charge is 2.16. The lowest BCUT2D eigenvalue weighted by atomic mass is 10.2. The van der Waals surface area contributed by atoms with Gasteiger partial charge in [0.25, 0.3) is 5.91 Å². The second kappa shape index (κ2) is 5.97. The molecule has 21 heavy (non-hydrogen) atoms. The molecule has 0 N–H and O–H groups in total. The molecule has 110 valence electrons. The van der Waals surface area contributed by atoms with Crippen LogP contribution in [0.3, 0.4) is 0 Å². The van der Waals surface area contributed by atoms with Crippen molar-refractivity contribution in [2.45, 2.75) is 4.90 Å². The van der Waals surface area contributed by atoms with Gasteiger partial charge in [-0.05, 0) is 36.4 Å². The topological polar surface area (TPSA) is 63.7 Å². The van der Waals surface area contributed by atoms with Crippen LogP contribution in [0.5, 0.6) is 5.75 Å². The molecule has 0 saturated heterocycles. The molecule has 0 bridgehead atoms. The summed E-state index contributed by atoms with van der Waals surface area (Å²) in [5.74, 6) is 0.00151. The quantitative estimate of drug-likeness (QED) is 0.812. The number of hydrogen-bond acceptors (Lipinski definition) is 4. The van der Waals surface area contributed by atoms with Gasteiger partial charge in [-0.25, -0.2) is 0 Å². The number of amides is 1. The lowest BCUT2D eigenvalue weighted by molar-refractivity contribution is 0.0827. The monoisotopic (exact) mass is 305 g/mol. The number of rotatable bonds is 4. The maximum absolute atomic E-state index is 12.0. The van der Waals surface area contributed by atoms with Gasteiger partial charge in [0.05, 0.1) is 0 Å². The zero-order chi connectivity index (χ0) is 15.5. The van der Waals surface area contributed by atoms with Gasteiger partial charge < -0.3 is 9.08 Å². The van der Waals surface area contributed by atoms with Crippen LogP contribution in [0.1, 0.15) is 10.4 Å². The standard InChI is InChI=1S/C15H15NO4S/c1-16(2)15(17)12-8-10-13(11-9-12)20-21(18,19)14-6-4-3-5-7-14/h3-11H,1-2H3. The Balaban J connectivity index is 2.19. The molecule has 0 aliphatic heterocycles. The summed E-state index contributed by atoms with van der Waals surface area (Å²) in [6.45, 7) is 0. The third kappa shape index (κ3) is 3.61. The highest BCUT2D eigenvalue weighted by atomic mass is 32.2. The van der Waals surface area contributed by atoms with Crippen molar-refractivity contribution >= 4 is 16.0 Å². The van der Waals surface area contributed by atoms with E-state index in [0.29, 0.717) is 5.56 Å². The molecule has 0 aliphatic rings. The molecule has 6 heteroatoms. The fraction of sp³-hybridized carbons (Fsp3) is 0.133. The SMILES string of the molecule is CN(C)C(=O)c1ccc(OS(=O)(=O)c2ccccc2)cc1. The predicted octanol–water partition coefficient (Wildman–Crippen LogP) is 2.16. The Hall–Kier alpha value is -2.34. The Kier molecular flexibility index (Phi) is 4.28. The largest absolute Gasteiger partial charge is 0.379 e. The number of benzene rings is 2. The first kappa shape index (κ1) is 15.1. The maximum Gasteiger partial charge on any atom is 0.339 e. The van der Waals surface area contributed by atoms with Crippen LogP contribution in [0, 0.1) is 0 Å². The van der Waals surface area contributed by atoms with E-state index < -0.39 is 10.1 Å². The number of carbonyl (C=O) groups excluding carboxylic acids is 1. The van der Waals surface area contributed by atoms with Crippen LogP contribution in [-0.2, 0) is 10.1 Å². The Morgan fingerprint density at radius 2 is 1.52 bits per heavy atom. The third-order valence-corrected chi connectivity index (χ3v) is 4.01. The third-order valence-electron chi connectivity index (χ3n) is 2.75. The zero-order valence-electron chi connectivity index (χ0n) is 11.7. The highest BCUT2D eigenvalue weighted by Crippen LogP contribution is 2.19. The molecule has 0 aromatic heterocycles. The minimum absolute atomic E-state index is 0.0819. The molecular formula is C15H15NO4S. The second-order valence-corrected chi connectivity index (χ2v) is 6.12. The van der Waals surface area contributed by atoms with Crippen molar-refractivity contribution < 1.29 is 17.4 Å². The van der Waals surface area contributed by atoms with E-state index >= 15 is 0 Å². The van der Waals surface area contributed by atoms with E-state index in [9.17, 15) is 13.2 Å². The van der Waals surface area contributed by atoms with Gasteiger partial charge in [-0.15, -0.1) is 0 Å². The van der Waals surface area contributed by atoms with E-state index in [1.54, 1.807) is 32.3 Å². The molecular weight excluding hydrogens is 290 g/mol. The predicted molar refractivity (Wildman–Crippen MR) is 78.7 cm³/mol. The lowest BCUT2D eigenvalue weighted by Crippen LogP contribution is -2.21. The van der Waals surface area contributed by atoms with Crippen LogP contribution in [-0.4, -0.2) is 33.3 Å². The highest BCUT2D eigenvalue weighted by molar-refractivity contribution is 7.87. The normalized spacial score (nSPS) is 11.0. The van der Waals surface area contributed by atoms with Crippen molar-refractivity contribution in [2.24, 2.45) is 0 Å². The average molecular weight is 305 g/mol. The van der Waals surface area contributed by atoms with Gasteiger partial charge in [0.15, 0.2) is 0 Å². The number of nitrogens with zero attached hydrogens (tertiary/aromatic N) is 1. The number of hydrogen-bond donors (Lipinski definition) is 0. The molecule has 0 atom stereocenters. The molecule has 2 aromatic carbocycles. The lowest BCUT2D eigenvalue weighted by Gasteiger charge is -2.11. The van der Waals surface area contributed by atoms with Crippen LogP contribution >= 0.6 is 0 Å². The summed E-state index contributed by atoms with van der Waals surface area (Å²) in [5, 5.41) is 0. The minimum atomic E-state index is -3.86. The minimum Gasteiger partial charge on any atom is -0.379 e. The first-order valence-electron chi connectivity index (χ1n) is 6.21. The Labute approximate surface area is 123 Å². The van der Waals surface area contributed by atoms with E-state index in [4.69, 9.17) is 4.18 Å². The smallest absolute Gasteiger partial charge is 0.339 e. The second-order valence-electron chi connectivity index (χ2n) is 4.57. The van der Waals surface area contributed by atoms with Crippen molar-refractivity contribution in [2.75, 3.05) is 14.1 Å². The first-order chi connectivity index (χ1) is 9.90. The van der Waals surface area contributed by atoms with E-state index in [0.717, 1.165) is 0 Å². The summed E-state index contributed by atoms with van der Waals surface area (Å²) in [5.41, 5.74) is 0.462. The first-order valence-corrected chi connectivity index (χ1v) is 7.62. The molecule has 0 spiro atoms. The van der Waals surface area contributed by atoms with Gasteiger partial charge in [0.1, 0.15) is 10.6 Å². The van der Waals surface area contributed by atoms with Gasteiger partial charge in [0.2, 0.25) is 0 Å². The van der Waals surface area contributed by atoms with E-state index in [-0.39, 0.29) is 16.6 Å². The average Bonchev–Trinajstić information content (AvgIpc) is 2.48. The Morgan fingerprint density at radius 1 is 0.952 bits per heavy atom. The van der Waals surface area contributed by atoms with Crippen molar-refractivity contribution in [3.8, 4) is 5.75 Å². The summed E-state index contributed by atoms with van der Waals surface area (Å²) in [6, 6.07) is 13.8. The summed E-state index contributed by atoms with van der Waals surface area (Å²) < 4.78 is 29.1. The molecule has 0 unspecified atom stereocenters. The number of carbonyl (C=O) groups is 1. The molecule has 2 aromatic rings. The molecule has 2 rings (SSSR count). The summed E-state index contributed by atoms with van der Waals surface area (Å²) in [4.78, 5) is 13.3. The van der Waals surface area contributed by atoms with Crippen molar-refractivity contribution in [1.82, 2.24) is 4.90 Å².